The van der Waals surface area contributed by atoms with Crippen molar-refractivity contribution in [2.45, 2.75) is 6.92 Å². The van der Waals surface area contributed by atoms with Gasteiger partial charge in [0, 0.05) is 11.1 Å². The third-order valence-electron chi connectivity index (χ3n) is 2.66. The molecule has 0 fully saturated rings. The van der Waals surface area contributed by atoms with Crippen molar-refractivity contribution in [2.75, 3.05) is 0 Å². The number of fused-ring (bicyclic) bond motifs is 2. The Morgan fingerprint density at radius 1 is 1.12 bits per heavy atom. The van der Waals surface area contributed by atoms with E-state index < -0.39 is 0 Å². The molecule has 0 amide bonds. The van der Waals surface area contributed by atoms with Gasteiger partial charge in [0.05, 0.1) is 0 Å². The highest BCUT2D eigenvalue weighted by Gasteiger charge is 2.32. The fraction of sp³-hybridized carbons (Fsp3) is 0.0909. The number of carbonyl (C=O) groups excluding carboxylic acids is 2. The minimum atomic E-state index is -0.248. The maximum Gasteiger partial charge on any atom is 0.216 e. The molecule has 0 aliphatic heterocycles. The lowest BCUT2D eigenvalue weighted by atomic mass is 9.89. The summed E-state index contributed by atoms with van der Waals surface area (Å²) in [5.41, 5.74) is 2.05. The maximum absolute atomic E-state index is 12.0. The zero-order valence-electron chi connectivity index (χ0n) is 8.44. The summed E-state index contributed by atoms with van der Waals surface area (Å²) < 4.78 is 0. The molecule has 1 heterocycles. The number of benzene rings is 1. The molecule has 1 N–H and O–H groups in total. The summed E-state index contributed by atoms with van der Waals surface area (Å²) >= 11 is 0. The first-order valence-electron chi connectivity index (χ1n) is 4.79. The van der Waals surface area contributed by atoms with E-state index in [0.29, 0.717) is 11.1 Å². The molecule has 2 aromatic rings. The van der Waals surface area contributed by atoms with Crippen LogP contribution in [0, 0.1) is 6.92 Å². The Labute approximate surface area is 90.5 Å². The number of H-pyrrole nitrogens is 1. The van der Waals surface area contributed by atoms with Gasteiger partial charge in [-0.1, -0.05) is 16.8 Å². The summed E-state index contributed by atoms with van der Waals surface area (Å²) in [7, 11) is 0. The maximum atomic E-state index is 12.0. The van der Waals surface area contributed by atoms with Gasteiger partial charge in [0.2, 0.25) is 11.6 Å². The van der Waals surface area contributed by atoms with Crippen LogP contribution in [-0.4, -0.2) is 27.0 Å². The van der Waals surface area contributed by atoms with Crippen LogP contribution in [0.15, 0.2) is 18.2 Å². The summed E-state index contributed by atoms with van der Waals surface area (Å²) in [5, 5.41) is 9.60. The van der Waals surface area contributed by atoms with Crippen LogP contribution >= 0.6 is 0 Å². The van der Waals surface area contributed by atoms with Crippen LogP contribution in [0.5, 0.6) is 0 Å². The van der Waals surface area contributed by atoms with Crippen molar-refractivity contribution < 1.29 is 9.59 Å². The highest BCUT2D eigenvalue weighted by Crippen LogP contribution is 2.24. The van der Waals surface area contributed by atoms with Crippen molar-refractivity contribution in [3.05, 3.63) is 46.3 Å². The van der Waals surface area contributed by atoms with Gasteiger partial charge in [-0.2, -0.15) is 0 Å². The quantitative estimate of drug-likeness (QED) is 0.601. The van der Waals surface area contributed by atoms with Crippen LogP contribution in [0.25, 0.3) is 0 Å². The number of hydrogen-bond donors (Lipinski definition) is 1. The summed E-state index contributed by atoms with van der Waals surface area (Å²) in [6, 6.07) is 5.17. The van der Waals surface area contributed by atoms with Crippen molar-refractivity contribution in [2.24, 2.45) is 0 Å². The van der Waals surface area contributed by atoms with Gasteiger partial charge in [-0.05, 0) is 19.1 Å². The molecular formula is C11H7N3O2. The number of aromatic nitrogens is 3. The standard InChI is InChI=1S/C11H7N3O2/c1-5-2-3-6-7(4-5)11(16)9-8(10(6)15)12-14-13-9/h2-4H,1H3,(H,12,13,14). The molecule has 0 saturated heterocycles. The largest absolute Gasteiger partial charge is 0.287 e. The van der Waals surface area contributed by atoms with Gasteiger partial charge in [-0.25, -0.2) is 0 Å². The Hall–Kier alpha value is -2.30. The first-order valence-corrected chi connectivity index (χ1v) is 4.79. The number of carbonyl (C=O) groups is 2. The average Bonchev–Trinajstić information content (AvgIpc) is 2.75. The van der Waals surface area contributed by atoms with Crippen molar-refractivity contribution >= 4 is 11.6 Å². The van der Waals surface area contributed by atoms with Gasteiger partial charge in [0.15, 0.2) is 5.69 Å². The number of nitrogens with one attached hydrogen (secondary N) is 1. The van der Waals surface area contributed by atoms with Crippen LogP contribution in [0.2, 0.25) is 0 Å². The molecule has 5 nitrogen and oxygen atoms in total. The second-order valence-electron chi connectivity index (χ2n) is 3.74. The normalized spacial score (nSPS) is 13.6. The predicted octanol–water partition coefficient (Wildman–Crippen LogP) is 0.889. The van der Waals surface area contributed by atoms with Crippen LogP contribution < -0.4 is 0 Å². The van der Waals surface area contributed by atoms with E-state index in [1.807, 2.05) is 6.92 Å². The van der Waals surface area contributed by atoms with E-state index in [4.69, 9.17) is 0 Å². The summed E-state index contributed by atoms with van der Waals surface area (Å²) in [5.74, 6) is -0.475. The van der Waals surface area contributed by atoms with E-state index in [2.05, 4.69) is 15.4 Å². The molecule has 0 saturated carbocycles. The molecule has 1 aliphatic carbocycles. The van der Waals surface area contributed by atoms with E-state index in [-0.39, 0.29) is 23.0 Å². The number of ketones is 2. The van der Waals surface area contributed by atoms with E-state index >= 15 is 0 Å². The van der Waals surface area contributed by atoms with E-state index in [9.17, 15) is 9.59 Å². The lowest BCUT2D eigenvalue weighted by Gasteiger charge is -2.12. The number of rotatable bonds is 0. The van der Waals surface area contributed by atoms with Gasteiger partial charge in [0.1, 0.15) is 5.69 Å². The lowest BCUT2D eigenvalue weighted by Crippen LogP contribution is -2.20. The van der Waals surface area contributed by atoms with Crippen molar-refractivity contribution in [3.63, 3.8) is 0 Å². The molecule has 78 valence electrons. The minimum absolute atomic E-state index is 0.114. The van der Waals surface area contributed by atoms with E-state index in [1.165, 1.54) is 0 Å². The fourth-order valence-corrected chi connectivity index (χ4v) is 1.85. The van der Waals surface area contributed by atoms with E-state index in [0.717, 1.165) is 5.56 Å². The molecular weight excluding hydrogens is 206 g/mol. The average molecular weight is 213 g/mol. The first kappa shape index (κ1) is 8.96. The molecule has 0 radical (unpaired) electrons. The summed E-state index contributed by atoms with van der Waals surface area (Å²) in [6.07, 6.45) is 0. The van der Waals surface area contributed by atoms with Crippen LogP contribution in [0.4, 0.5) is 0 Å². The Kier molecular flexibility index (Phi) is 1.60. The smallest absolute Gasteiger partial charge is 0.216 e. The number of hydrogen-bond acceptors (Lipinski definition) is 4. The second-order valence-corrected chi connectivity index (χ2v) is 3.74. The van der Waals surface area contributed by atoms with Gasteiger partial charge in [0.25, 0.3) is 0 Å². The van der Waals surface area contributed by atoms with Gasteiger partial charge in [-0.3, -0.25) is 14.7 Å². The number of nitrogens with zero attached hydrogens (tertiary/aromatic N) is 2. The van der Waals surface area contributed by atoms with E-state index in [1.54, 1.807) is 18.2 Å². The minimum Gasteiger partial charge on any atom is -0.287 e. The molecule has 5 heteroatoms. The molecule has 3 rings (SSSR count). The molecule has 0 atom stereocenters. The van der Waals surface area contributed by atoms with Crippen LogP contribution in [-0.2, 0) is 0 Å². The Bertz CT molecular complexity index is 628. The van der Waals surface area contributed by atoms with Gasteiger partial charge < -0.3 is 0 Å². The SMILES string of the molecule is Cc1ccc2c(c1)C(=O)c1nn[nH]c1C2=O. The van der Waals surface area contributed by atoms with Crippen molar-refractivity contribution in [1.82, 2.24) is 15.4 Å². The zero-order chi connectivity index (χ0) is 11.3. The Morgan fingerprint density at radius 3 is 2.75 bits per heavy atom. The third-order valence-corrected chi connectivity index (χ3v) is 2.66. The zero-order valence-corrected chi connectivity index (χ0v) is 8.44. The monoisotopic (exact) mass is 213 g/mol. The molecule has 1 aliphatic rings. The fourth-order valence-electron chi connectivity index (χ4n) is 1.85. The highest BCUT2D eigenvalue weighted by molar-refractivity contribution is 6.26. The molecule has 0 spiro atoms. The topological polar surface area (TPSA) is 75.7 Å². The third kappa shape index (κ3) is 0.995. The van der Waals surface area contributed by atoms with Crippen LogP contribution in [0.3, 0.4) is 0 Å². The lowest BCUT2D eigenvalue weighted by molar-refractivity contribution is 0.0974. The van der Waals surface area contributed by atoms with Gasteiger partial charge >= 0.3 is 0 Å². The highest BCUT2D eigenvalue weighted by atomic mass is 16.1. The summed E-state index contributed by atoms with van der Waals surface area (Å²) in [4.78, 5) is 24.0. The van der Waals surface area contributed by atoms with Gasteiger partial charge in [-0.15, -0.1) is 5.10 Å². The molecule has 0 bridgehead atoms. The first-order chi connectivity index (χ1) is 7.68. The number of aryl methyl sites for hydroxylation is 1. The predicted molar refractivity (Wildman–Crippen MR) is 54.4 cm³/mol. The Balaban J connectivity index is 2.34. The molecule has 16 heavy (non-hydrogen) atoms. The molecule has 0 unspecified atom stereocenters. The Morgan fingerprint density at radius 2 is 1.94 bits per heavy atom. The second kappa shape index (κ2) is 2.85. The molecule has 1 aromatic carbocycles. The van der Waals surface area contributed by atoms with Crippen molar-refractivity contribution in [1.29, 1.82) is 0 Å². The summed E-state index contributed by atoms with van der Waals surface area (Å²) in [6.45, 7) is 1.87. The van der Waals surface area contributed by atoms with Crippen molar-refractivity contribution in [3.8, 4) is 0 Å². The molecule has 1 aromatic heterocycles. The number of aromatic amines is 1. The van der Waals surface area contributed by atoms with Crippen LogP contribution in [0.1, 0.15) is 37.7 Å².